The number of carbonyl (C=O) groups excluding carboxylic acids is 1. The van der Waals surface area contributed by atoms with Crippen LogP contribution >= 0.6 is 11.6 Å². The number of hydrogen-bond donors (Lipinski definition) is 2. The second kappa shape index (κ2) is 11.4. The van der Waals surface area contributed by atoms with Crippen molar-refractivity contribution in [2.24, 2.45) is 0 Å². The van der Waals surface area contributed by atoms with Crippen molar-refractivity contribution in [3.63, 3.8) is 0 Å². The van der Waals surface area contributed by atoms with Gasteiger partial charge in [-0.1, -0.05) is 23.7 Å². The van der Waals surface area contributed by atoms with Crippen LogP contribution in [0.15, 0.2) is 66.9 Å². The van der Waals surface area contributed by atoms with Gasteiger partial charge in [0, 0.05) is 55.2 Å². The average molecular weight is 573 g/mol. The number of hydrogen-bond acceptors (Lipinski definition) is 6. The van der Waals surface area contributed by atoms with Crippen molar-refractivity contribution >= 4 is 40.3 Å². The number of rotatable bonds is 5. The van der Waals surface area contributed by atoms with Crippen LogP contribution in [0.3, 0.4) is 0 Å². The lowest BCUT2D eigenvalue weighted by molar-refractivity contribution is 0.0118. The Morgan fingerprint density at radius 1 is 0.951 bits per heavy atom. The Balaban J connectivity index is 1.16. The van der Waals surface area contributed by atoms with Crippen molar-refractivity contribution in [2.75, 3.05) is 56.5 Å². The molecule has 0 unspecified atom stereocenters. The highest BCUT2D eigenvalue weighted by molar-refractivity contribution is 6.30. The minimum atomic E-state index is -0.860. The fraction of sp³-hybridized carbons (Fsp3) is 0.375. The maximum Gasteiger partial charge on any atom is 0.253 e. The maximum absolute atomic E-state index is 13.1. The summed E-state index contributed by atoms with van der Waals surface area (Å²) in [6.45, 7) is 6.97. The predicted molar refractivity (Wildman–Crippen MR) is 164 cm³/mol. The molecule has 2 aliphatic heterocycles. The zero-order valence-corrected chi connectivity index (χ0v) is 24.4. The highest BCUT2D eigenvalue weighted by Crippen LogP contribution is 2.36. The van der Waals surface area contributed by atoms with E-state index >= 15 is 0 Å². The molecule has 2 fully saturated rings. The number of amides is 1. The molecule has 0 saturated carbocycles. The molecule has 2 aliphatic rings. The fourth-order valence-electron chi connectivity index (χ4n) is 5.97. The van der Waals surface area contributed by atoms with Crippen LogP contribution in [0.2, 0.25) is 5.02 Å². The number of nitrogens with one attached hydrogen (secondary N) is 1. The summed E-state index contributed by atoms with van der Waals surface area (Å²) in [6, 6.07) is 19.3. The third kappa shape index (κ3) is 5.64. The van der Waals surface area contributed by atoms with E-state index in [0.717, 1.165) is 79.8 Å². The quantitative estimate of drug-likeness (QED) is 0.338. The Kier molecular flexibility index (Phi) is 7.64. The van der Waals surface area contributed by atoms with Gasteiger partial charge in [-0.05, 0) is 93.9 Å². The lowest BCUT2D eigenvalue weighted by Gasteiger charge is -2.39. The molecule has 0 aliphatic carbocycles. The molecule has 2 N–H and O–H groups in total. The zero-order valence-electron chi connectivity index (χ0n) is 23.7. The summed E-state index contributed by atoms with van der Waals surface area (Å²) >= 11 is 6.06. The molecule has 4 heterocycles. The Morgan fingerprint density at radius 3 is 2.41 bits per heavy atom. The molecular formula is C32H37ClN6O2. The number of imidazole rings is 1. The van der Waals surface area contributed by atoms with Crippen molar-refractivity contribution in [1.29, 1.82) is 0 Å². The molecule has 2 saturated heterocycles. The third-order valence-electron chi connectivity index (χ3n) is 8.58. The van der Waals surface area contributed by atoms with Gasteiger partial charge >= 0.3 is 0 Å². The lowest BCUT2D eigenvalue weighted by Crippen LogP contribution is -2.42. The molecular weight excluding hydrogens is 536 g/mol. The number of fused-ring (bicyclic) bond motifs is 1. The number of piperidine rings is 1. The zero-order chi connectivity index (χ0) is 28.6. The van der Waals surface area contributed by atoms with E-state index in [4.69, 9.17) is 16.6 Å². The van der Waals surface area contributed by atoms with Gasteiger partial charge in [0.05, 0.1) is 17.0 Å². The molecule has 0 radical (unpaired) electrons. The minimum Gasteiger partial charge on any atom is -0.385 e. The molecule has 41 heavy (non-hydrogen) atoms. The van der Waals surface area contributed by atoms with E-state index in [9.17, 15) is 9.90 Å². The summed E-state index contributed by atoms with van der Waals surface area (Å²) in [5.41, 5.74) is 4.57. The van der Waals surface area contributed by atoms with Crippen LogP contribution in [-0.4, -0.2) is 76.5 Å². The fourth-order valence-corrected chi connectivity index (χ4v) is 6.09. The van der Waals surface area contributed by atoms with Crippen molar-refractivity contribution < 1.29 is 9.90 Å². The van der Waals surface area contributed by atoms with Gasteiger partial charge < -0.3 is 29.5 Å². The van der Waals surface area contributed by atoms with Gasteiger partial charge in [-0.3, -0.25) is 4.79 Å². The monoisotopic (exact) mass is 572 g/mol. The van der Waals surface area contributed by atoms with Crippen molar-refractivity contribution in [3.05, 3.63) is 88.7 Å². The van der Waals surface area contributed by atoms with Gasteiger partial charge in [0.1, 0.15) is 0 Å². The Morgan fingerprint density at radius 2 is 1.68 bits per heavy atom. The Hall–Kier alpha value is -3.59. The van der Waals surface area contributed by atoms with E-state index in [-0.39, 0.29) is 5.91 Å². The number of aryl methyl sites for hydroxylation is 1. The van der Waals surface area contributed by atoms with Crippen LogP contribution in [0.4, 0.5) is 17.2 Å². The van der Waals surface area contributed by atoms with E-state index in [1.165, 1.54) is 0 Å². The van der Waals surface area contributed by atoms with Crippen LogP contribution in [-0.2, 0) is 5.60 Å². The highest BCUT2D eigenvalue weighted by Gasteiger charge is 2.34. The summed E-state index contributed by atoms with van der Waals surface area (Å²) in [7, 11) is 2.10. The number of likely N-dealkylation sites (N-methyl/N-ethyl adjacent to an activating group) is 1. The van der Waals surface area contributed by atoms with Crippen molar-refractivity contribution in [2.45, 2.75) is 31.8 Å². The smallest absolute Gasteiger partial charge is 0.253 e. The summed E-state index contributed by atoms with van der Waals surface area (Å²) in [4.78, 5) is 24.6. The molecule has 2 aromatic carbocycles. The average Bonchev–Trinajstić information content (AvgIpc) is 3.14. The predicted octanol–water partition coefficient (Wildman–Crippen LogP) is 5.31. The number of pyridine rings is 1. The normalized spacial score (nSPS) is 18.0. The number of halogens is 1. The molecule has 0 spiro atoms. The molecule has 8 nitrogen and oxygen atoms in total. The Bertz CT molecular complexity index is 1530. The first-order valence-electron chi connectivity index (χ1n) is 14.4. The van der Waals surface area contributed by atoms with Crippen LogP contribution < -0.4 is 10.2 Å². The van der Waals surface area contributed by atoms with Crippen molar-refractivity contribution in [1.82, 2.24) is 19.2 Å². The van der Waals surface area contributed by atoms with E-state index < -0.39 is 5.60 Å². The van der Waals surface area contributed by atoms with Gasteiger partial charge in [0.2, 0.25) is 0 Å². The first kappa shape index (κ1) is 27.6. The van der Waals surface area contributed by atoms with E-state index in [0.29, 0.717) is 23.4 Å². The Labute approximate surface area is 246 Å². The molecule has 4 aromatic rings. The number of anilines is 3. The lowest BCUT2D eigenvalue weighted by atomic mass is 9.84. The second-order valence-corrected chi connectivity index (χ2v) is 11.7. The minimum absolute atomic E-state index is 0.0879. The molecule has 0 bridgehead atoms. The summed E-state index contributed by atoms with van der Waals surface area (Å²) in [5.74, 6) is 0.867. The second-order valence-electron chi connectivity index (χ2n) is 11.3. The first-order valence-corrected chi connectivity index (χ1v) is 14.7. The standard InChI is InChI=1S/C32H37ClN6O2/c1-23-29(34-27-12-6-24(7-13-27)31(40)38-17-4-16-36(2)21-22-38)35-30-28(5-3-18-39(23)30)37-19-14-32(41,15-20-37)25-8-10-26(33)11-9-25/h3,5-13,18,34,41H,4,14-17,19-22H2,1-2H3. The summed E-state index contributed by atoms with van der Waals surface area (Å²) in [6.07, 6.45) is 4.28. The van der Waals surface area contributed by atoms with E-state index in [2.05, 4.69) is 39.6 Å². The number of carbonyl (C=O) groups is 1. The molecule has 2 aromatic heterocycles. The van der Waals surface area contributed by atoms with E-state index in [1.807, 2.05) is 65.7 Å². The topological polar surface area (TPSA) is 76.4 Å². The summed E-state index contributed by atoms with van der Waals surface area (Å²) < 4.78 is 2.10. The molecule has 214 valence electrons. The largest absolute Gasteiger partial charge is 0.385 e. The van der Waals surface area contributed by atoms with Gasteiger partial charge in [0.25, 0.3) is 5.91 Å². The molecule has 0 atom stereocenters. The molecule has 6 rings (SSSR count). The molecule has 9 heteroatoms. The van der Waals surface area contributed by atoms with Crippen LogP contribution in [0.1, 0.15) is 40.9 Å². The van der Waals surface area contributed by atoms with Gasteiger partial charge in [-0.25, -0.2) is 4.98 Å². The SMILES string of the molecule is Cc1c(Nc2ccc(C(=O)N3CCCN(C)CC3)cc2)nc2c(N3CCC(O)(c4ccc(Cl)cc4)CC3)cccn12. The third-order valence-corrected chi connectivity index (χ3v) is 8.83. The van der Waals surface area contributed by atoms with Crippen LogP contribution in [0.5, 0.6) is 0 Å². The van der Waals surface area contributed by atoms with Crippen LogP contribution in [0.25, 0.3) is 5.65 Å². The highest BCUT2D eigenvalue weighted by atomic mass is 35.5. The number of aliphatic hydroxyl groups is 1. The van der Waals surface area contributed by atoms with Gasteiger partial charge in [-0.2, -0.15) is 0 Å². The van der Waals surface area contributed by atoms with Gasteiger partial charge in [0.15, 0.2) is 11.5 Å². The molecule has 1 amide bonds. The van der Waals surface area contributed by atoms with Crippen molar-refractivity contribution in [3.8, 4) is 0 Å². The maximum atomic E-state index is 13.1. The number of aromatic nitrogens is 2. The number of benzene rings is 2. The number of nitrogens with zero attached hydrogens (tertiary/aromatic N) is 5. The van der Waals surface area contributed by atoms with Gasteiger partial charge in [-0.15, -0.1) is 0 Å². The van der Waals surface area contributed by atoms with Crippen LogP contribution in [0, 0.1) is 6.92 Å². The first-order chi connectivity index (χ1) is 19.8. The summed E-state index contributed by atoms with van der Waals surface area (Å²) in [5, 5.41) is 15.5. The van der Waals surface area contributed by atoms with E-state index in [1.54, 1.807) is 0 Å².